The molecule has 1 N–H and O–H groups in total. The minimum Gasteiger partial charge on any atom is -0.465 e. The van der Waals surface area contributed by atoms with E-state index in [0.717, 1.165) is 23.2 Å². The zero-order valence-electron chi connectivity index (χ0n) is 15.4. The van der Waals surface area contributed by atoms with E-state index in [1.165, 1.54) is 7.11 Å². The molecule has 0 aromatic heterocycles. The number of hydrogen-bond donors (Lipinski definition) is 1. The number of nitrogens with zero attached hydrogens (tertiary/aromatic N) is 1. The highest BCUT2D eigenvalue weighted by atomic mass is 35.5. The summed E-state index contributed by atoms with van der Waals surface area (Å²) in [5.41, 5.74) is 3.33. The molecular formula is C20H23ClN2O3. The van der Waals surface area contributed by atoms with Crippen LogP contribution in [-0.2, 0) is 4.74 Å². The molecule has 2 aromatic rings. The molecule has 0 unspecified atom stereocenters. The van der Waals surface area contributed by atoms with Crippen LogP contribution in [0.5, 0.6) is 0 Å². The molecule has 0 bridgehead atoms. The van der Waals surface area contributed by atoms with E-state index in [1.54, 1.807) is 24.3 Å². The Labute approximate surface area is 158 Å². The topological polar surface area (TPSA) is 58.6 Å². The van der Waals surface area contributed by atoms with Crippen molar-refractivity contribution in [3.8, 4) is 11.1 Å². The quantitative estimate of drug-likeness (QED) is 0.787. The van der Waals surface area contributed by atoms with Crippen molar-refractivity contribution in [3.05, 3.63) is 58.1 Å². The van der Waals surface area contributed by atoms with E-state index >= 15 is 0 Å². The highest BCUT2D eigenvalue weighted by Crippen LogP contribution is 2.28. The van der Waals surface area contributed by atoms with Crippen molar-refractivity contribution >= 4 is 23.5 Å². The Bertz CT molecular complexity index is 819. The molecule has 0 radical (unpaired) electrons. The number of esters is 1. The van der Waals surface area contributed by atoms with Gasteiger partial charge in [-0.25, -0.2) is 4.79 Å². The monoisotopic (exact) mass is 374 g/mol. The molecule has 6 heteroatoms. The van der Waals surface area contributed by atoms with Gasteiger partial charge in [-0.05, 0) is 68.0 Å². The fraction of sp³-hybridized carbons (Fsp3) is 0.300. The molecule has 0 heterocycles. The molecule has 0 aliphatic rings. The molecule has 2 aromatic carbocycles. The maximum absolute atomic E-state index is 12.5. The maximum Gasteiger partial charge on any atom is 0.337 e. The summed E-state index contributed by atoms with van der Waals surface area (Å²) in [4.78, 5) is 26.5. The standard InChI is InChI=1S/C20H23ClN2O3/c1-13-5-6-17(21)12-18(13)14-9-15(11-16(10-14)20(25)26-4)19(24)22-7-8-23(2)3/h5-6,9-12H,7-8H2,1-4H3,(H,22,24). The van der Waals surface area contributed by atoms with Gasteiger partial charge in [0.1, 0.15) is 0 Å². The zero-order valence-corrected chi connectivity index (χ0v) is 16.2. The van der Waals surface area contributed by atoms with Gasteiger partial charge in [0, 0.05) is 23.7 Å². The lowest BCUT2D eigenvalue weighted by Crippen LogP contribution is -2.31. The van der Waals surface area contributed by atoms with Crippen LogP contribution in [-0.4, -0.2) is 51.1 Å². The number of ether oxygens (including phenoxy) is 1. The highest BCUT2D eigenvalue weighted by Gasteiger charge is 2.15. The van der Waals surface area contributed by atoms with Gasteiger partial charge < -0.3 is 15.0 Å². The molecule has 0 spiro atoms. The van der Waals surface area contributed by atoms with Crippen molar-refractivity contribution < 1.29 is 14.3 Å². The van der Waals surface area contributed by atoms with Crippen LogP contribution in [0.25, 0.3) is 11.1 Å². The van der Waals surface area contributed by atoms with E-state index in [-0.39, 0.29) is 5.91 Å². The van der Waals surface area contributed by atoms with Gasteiger partial charge in [-0.3, -0.25) is 4.79 Å². The van der Waals surface area contributed by atoms with Crippen molar-refractivity contribution in [1.29, 1.82) is 0 Å². The average molecular weight is 375 g/mol. The third kappa shape index (κ3) is 5.07. The molecule has 0 fully saturated rings. The summed E-state index contributed by atoms with van der Waals surface area (Å²) in [5, 5.41) is 3.45. The molecule has 0 aliphatic heterocycles. The van der Waals surface area contributed by atoms with Gasteiger partial charge in [0.15, 0.2) is 0 Å². The predicted molar refractivity (Wildman–Crippen MR) is 104 cm³/mol. The van der Waals surface area contributed by atoms with Crippen molar-refractivity contribution in [1.82, 2.24) is 10.2 Å². The predicted octanol–water partition coefficient (Wildman–Crippen LogP) is 3.39. The average Bonchev–Trinajstić information content (AvgIpc) is 2.62. The van der Waals surface area contributed by atoms with Crippen LogP contribution >= 0.6 is 11.6 Å². The number of carbonyl (C=O) groups is 2. The second kappa shape index (κ2) is 8.83. The van der Waals surface area contributed by atoms with Gasteiger partial charge in [-0.2, -0.15) is 0 Å². The summed E-state index contributed by atoms with van der Waals surface area (Å²) in [6.45, 7) is 3.19. The van der Waals surface area contributed by atoms with Crippen LogP contribution in [0.3, 0.4) is 0 Å². The lowest BCUT2D eigenvalue weighted by Gasteiger charge is -2.13. The summed E-state index contributed by atoms with van der Waals surface area (Å²) in [5.74, 6) is -0.729. The number of benzene rings is 2. The van der Waals surface area contributed by atoms with Crippen LogP contribution < -0.4 is 5.32 Å². The van der Waals surface area contributed by atoms with Gasteiger partial charge >= 0.3 is 5.97 Å². The zero-order chi connectivity index (χ0) is 19.3. The van der Waals surface area contributed by atoms with Crippen molar-refractivity contribution in [3.63, 3.8) is 0 Å². The van der Waals surface area contributed by atoms with Crippen molar-refractivity contribution in [2.45, 2.75) is 6.92 Å². The third-order valence-electron chi connectivity index (χ3n) is 3.97. The Balaban J connectivity index is 2.44. The van der Waals surface area contributed by atoms with Crippen LogP contribution in [0, 0.1) is 6.92 Å². The number of likely N-dealkylation sites (N-methyl/N-ethyl adjacent to an activating group) is 1. The van der Waals surface area contributed by atoms with Crippen LogP contribution in [0.2, 0.25) is 5.02 Å². The highest BCUT2D eigenvalue weighted by molar-refractivity contribution is 6.30. The van der Waals surface area contributed by atoms with E-state index in [9.17, 15) is 9.59 Å². The molecule has 0 saturated heterocycles. The Kier molecular flexibility index (Phi) is 6.77. The lowest BCUT2D eigenvalue weighted by molar-refractivity contribution is 0.0601. The van der Waals surface area contributed by atoms with Gasteiger partial charge in [-0.15, -0.1) is 0 Å². The van der Waals surface area contributed by atoms with Gasteiger partial charge in [0.25, 0.3) is 5.91 Å². The first kappa shape index (κ1) is 19.9. The number of hydrogen-bond acceptors (Lipinski definition) is 4. The molecule has 0 atom stereocenters. The molecule has 1 amide bonds. The number of halogens is 1. The first-order valence-corrected chi connectivity index (χ1v) is 8.62. The summed E-state index contributed by atoms with van der Waals surface area (Å²) in [7, 11) is 5.19. The van der Waals surface area contributed by atoms with Crippen molar-refractivity contribution in [2.75, 3.05) is 34.3 Å². The molecule has 0 saturated carbocycles. The number of rotatable bonds is 6. The smallest absolute Gasteiger partial charge is 0.337 e. The SMILES string of the molecule is COC(=O)c1cc(C(=O)NCCN(C)C)cc(-c2cc(Cl)ccc2C)c1. The number of nitrogens with one attached hydrogen (secondary N) is 1. The van der Waals surface area contributed by atoms with Crippen LogP contribution in [0.1, 0.15) is 26.3 Å². The number of aryl methyl sites for hydroxylation is 1. The second-order valence-corrected chi connectivity index (χ2v) is 6.75. The maximum atomic E-state index is 12.5. The molecule has 0 aliphatic carbocycles. The van der Waals surface area contributed by atoms with E-state index < -0.39 is 5.97 Å². The molecular weight excluding hydrogens is 352 g/mol. The Hall–Kier alpha value is -2.37. The summed E-state index contributed by atoms with van der Waals surface area (Å²) < 4.78 is 4.83. The normalized spacial score (nSPS) is 10.7. The fourth-order valence-corrected chi connectivity index (χ4v) is 2.72. The lowest BCUT2D eigenvalue weighted by atomic mass is 9.96. The van der Waals surface area contributed by atoms with E-state index in [4.69, 9.17) is 16.3 Å². The van der Waals surface area contributed by atoms with E-state index in [2.05, 4.69) is 5.32 Å². The van der Waals surface area contributed by atoms with E-state index in [0.29, 0.717) is 22.7 Å². The van der Waals surface area contributed by atoms with Crippen LogP contribution in [0.4, 0.5) is 0 Å². The minimum absolute atomic E-state index is 0.237. The van der Waals surface area contributed by atoms with Crippen LogP contribution in [0.15, 0.2) is 36.4 Å². The first-order chi connectivity index (χ1) is 12.3. The first-order valence-electron chi connectivity index (χ1n) is 8.24. The summed E-state index contributed by atoms with van der Waals surface area (Å²) in [6.07, 6.45) is 0. The number of amides is 1. The number of methoxy groups -OCH3 is 1. The third-order valence-corrected chi connectivity index (χ3v) is 4.21. The van der Waals surface area contributed by atoms with Gasteiger partial charge in [0.05, 0.1) is 12.7 Å². The summed E-state index contributed by atoms with van der Waals surface area (Å²) >= 11 is 6.12. The largest absolute Gasteiger partial charge is 0.465 e. The summed E-state index contributed by atoms with van der Waals surface area (Å²) in [6, 6.07) is 10.5. The second-order valence-electron chi connectivity index (χ2n) is 6.31. The van der Waals surface area contributed by atoms with Crippen molar-refractivity contribution in [2.24, 2.45) is 0 Å². The Morgan fingerprint density at radius 1 is 1.12 bits per heavy atom. The Morgan fingerprint density at radius 2 is 1.81 bits per heavy atom. The molecule has 2 rings (SSSR count). The molecule has 26 heavy (non-hydrogen) atoms. The van der Waals surface area contributed by atoms with Gasteiger partial charge in [-0.1, -0.05) is 17.7 Å². The molecule has 5 nitrogen and oxygen atoms in total. The number of carbonyl (C=O) groups excluding carboxylic acids is 2. The molecule has 138 valence electrons. The Morgan fingerprint density at radius 3 is 2.46 bits per heavy atom. The minimum atomic E-state index is -0.492. The van der Waals surface area contributed by atoms with Gasteiger partial charge in [0.2, 0.25) is 0 Å². The van der Waals surface area contributed by atoms with E-state index in [1.807, 2.05) is 38.1 Å². The fourth-order valence-electron chi connectivity index (χ4n) is 2.55.